The van der Waals surface area contributed by atoms with Crippen LogP contribution >= 0.6 is 0 Å². The average molecular weight is 698 g/mol. The van der Waals surface area contributed by atoms with E-state index in [-0.39, 0.29) is 26.8 Å². The van der Waals surface area contributed by atoms with Crippen LogP contribution in [0.5, 0.6) is 5.75 Å². The summed E-state index contributed by atoms with van der Waals surface area (Å²) in [6.45, 7) is 0. The van der Waals surface area contributed by atoms with Crippen LogP contribution in [-0.2, 0) is 21.1 Å². The minimum atomic E-state index is 0. The molecule has 0 radical (unpaired) electrons. The van der Waals surface area contributed by atoms with E-state index in [1.165, 1.54) is 0 Å². The molecule has 2 aromatic heterocycles. The summed E-state index contributed by atoms with van der Waals surface area (Å²) in [5.41, 5.74) is 7.12. The second kappa shape index (κ2) is 10.8. The van der Waals surface area contributed by atoms with Gasteiger partial charge in [0.05, 0.1) is 16.8 Å². The van der Waals surface area contributed by atoms with Crippen LogP contribution in [0.2, 0.25) is 0 Å². The number of aromatic hydroxyl groups is 1. The maximum atomic E-state index is 10.6. The van der Waals surface area contributed by atoms with Gasteiger partial charge in [0.2, 0.25) is 0 Å². The van der Waals surface area contributed by atoms with Crippen LogP contribution in [-0.4, -0.2) is 14.7 Å². The molecule has 2 heterocycles. The number of phenols is 1. The van der Waals surface area contributed by atoms with Crippen molar-refractivity contribution in [3.63, 3.8) is 0 Å². The Morgan fingerprint density at radius 3 is 2.25 bits per heavy atom. The standard InChI is InChI=1S/C35H22N2O2.Pt/c38-33-17-5-2-12-27(33)24-10-9-11-26(22-24)37-31-16-4-1-13-28(31)29-14-3-6-18-34(29)39-35-20-19-25(23-32(35)37)30-15-7-8-21-36-30;/h1-21,38H;/q-2;+2. The smallest absolute Gasteiger partial charge is 0.517 e. The van der Waals surface area contributed by atoms with Gasteiger partial charge < -0.3 is 19.1 Å². The third-order valence-electron chi connectivity index (χ3n) is 6.81. The summed E-state index contributed by atoms with van der Waals surface area (Å²) in [4.78, 5) is 4.56. The minimum absolute atomic E-state index is 0. The fourth-order valence-electron chi connectivity index (χ4n) is 5.00. The number of pyridine rings is 1. The summed E-state index contributed by atoms with van der Waals surface area (Å²) in [7, 11) is 0. The molecule has 5 aromatic carbocycles. The summed E-state index contributed by atoms with van der Waals surface area (Å²) in [6, 6.07) is 46.6. The number of benzene rings is 5. The Labute approximate surface area is 245 Å². The fourth-order valence-corrected chi connectivity index (χ4v) is 5.00. The first-order valence-corrected chi connectivity index (χ1v) is 12.7. The second-order valence-corrected chi connectivity index (χ2v) is 9.22. The van der Waals surface area contributed by atoms with Crippen LogP contribution in [0.3, 0.4) is 0 Å². The Morgan fingerprint density at radius 2 is 1.40 bits per heavy atom. The third-order valence-corrected chi connectivity index (χ3v) is 6.81. The summed E-state index contributed by atoms with van der Waals surface area (Å²) in [6.07, 6.45) is 1.78. The number of phenolic OH excluding ortho intramolecular Hbond substituents is 1. The van der Waals surface area contributed by atoms with E-state index in [1.807, 2.05) is 97.1 Å². The normalized spacial score (nSPS) is 10.9. The van der Waals surface area contributed by atoms with E-state index in [2.05, 4.69) is 39.9 Å². The zero-order valence-electron chi connectivity index (χ0n) is 21.2. The number of nitrogens with zero attached hydrogens (tertiary/aromatic N) is 2. The molecule has 194 valence electrons. The maximum Gasteiger partial charge on any atom is 2.00 e. The van der Waals surface area contributed by atoms with Crippen LogP contribution in [0.4, 0.5) is 0 Å². The Hall–Kier alpha value is -4.66. The van der Waals surface area contributed by atoms with E-state index in [9.17, 15) is 5.11 Å². The van der Waals surface area contributed by atoms with Crippen LogP contribution in [0.25, 0.3) is 61.0 Å². The van der Waals surface area contributed by atoms with Crippen molar-refractivity contribution >= 4 is 33.0 Å². The van der Waals surface area contributed by atoms with Gasteiger partial charge in [-0.15, -0.1) is 53.6 Å². The van der Waals surface area contributed by atoms with Crippen molar-refractivity contribution in [2.24, 2.45) is 0 Å². The van der Waals surface area contributed by atoms with Crippen LogP contribution < -0.4 is 0 Å². The van der Waals surface area contributed by atoms with E-state index in [0.29, 0.717) is 11.1 Å². The van der Waals surface area contributed by atoms with Crippen LogP contribution in [0, 0.1) is 12.1 Å². The summed E-state index contributed by atoms with van der Waals surface area (Å²) in [5, 5.41) is 12.6. The number of hydrogen-bond acceptors (Lipinski definition) is 3. The van der Waals surface area contributed by atoms with Gasteiger partial charge in [0.25, 0.3) is 0 Å². The third kappa shape index (κ3) is 4.57. The zero-order chi connectivity index (χ0) is 26.2. The second-order valence-electron chi connectivity index (χ2n) is 9.22. The monoisotopic (exact) mass is 697 g/mol. The molecule has 40 heavy (non-hydrogen) atoms. The molecule has 0 spiro atoms. The predicted molar refractivity (Wildman–Crippen MR) is 156 cm³/mol. The van der Waals surface area contributed by atoms with Crippen molar-refractivity contribution in [3.8, 4) is 33.8 Å². The van der Waals surface area contributed by atoms with Crippen LogP contribution in [0.1, 0.15) is 0 Å². The molecule has 1 N–H and O–H groups in total. The SMILES string of the molecule is Oc1ccccc1-c1[c-]c(-n2c3[c-]c(-c4ccccn4)ccc3oc3ccccc3c3ccccc32)ccc1.[Pt+2]. The Kier molecular flexibility index (Phi) is 6.94. The van der Waals surface area contributed by atoms with Gasteiger partial charge >= 0.3 is 21.1 Å². The number of rotatable bonds is 3. The molecule has 0 aliphatic heterocycles. The number of hydrogen-bond donors (Lipinski definition) is 1. The van der Waals surface area contributed by atoms with Gasteiger partial charge in [-0.3, -0.25) is 0 Å². The van der Waals surface area contributed by atoms with Crippen molar-refractivity contribution in [1.29, 1.82) is 0 Å². The van der Waals surface area contributed by atoms with Crippen molar-refractivity contribution in [2.75, 3.05) is 0 Å². The topological polar surface area (TPSA) is 51.2 Å². The molecular formula is C35H22N2O2Pt. The van der Waals surface area contributed by atoms with E-state index >= 15 is 0 Å². The zero-order valence-corrected chi connectivity index (χ0v) is 23.5. The first-order valence-electron chi connectivity index (χ1n) is 12.7. The van der Waals surface area contributed by atoms with Gasteiger partial charge in [-0.05, 0) is 35.6 Å². The molecule has 0 atom stereocenters. The van der Waals surface area contributed by atoms with Gasteiger partial charge in [0, 0.05) is 22.5 Å². The number of fused-ring (bicyclic) bond motifs is 4. The molecule has 0 unspecified atom stereocenters. The molecule has 0 bridgehead atoms. The van der Waals surface area contributed by atoms with Crippen molar-refractivity contribution in [3.05, 3.63) is 140 Å². The van der Waals surface area contributed by atoms with Gasteiger partial charge in [-0.25, -0.2) is 0 Å². The molecule has 5 heteroatoms. The molecule has 0 saturated heterocycles. The van der Waals surface area contributed by atoms with Crippen LogP contribution in [0.15, 0.2) is 132 Å². The molecule has 0 aliphatic carbocycles. The van der Waals surface area contributed by atoms with E-state index in [0.717, 1.165) is 49.9 Å². The Balaban J connectivity index is 0.00000289. The van der Waals surface area contributed by atoms with E-state index in [4.69, 9.17) is 4.42 Å². The first-order chi connectivity index (χ1) is 19.3. The van der Waals surface area contributed by atoms with Crippen molar-refractivity contribution in [2.45, 2.75) is 0 Å². The average Bonchev–Trinajstić information content (AvgIpc) is 2.99. The Bertz CT molecular complexity index is 2040. The molecule has 7 rings (SSSR count). The molecule has 0 saturated carbocycles. The number of para-hydroxylation sites is 3. The number of aromatic nitrogens is 2. The first kappa shape index (κ1) is 25.6. The maximum absolute atomic E-state index is 10.6. The van der Waals surface area contributed by atoms with Gasteiger partial charge in [0.1, 0.15) is 5.58 Å². The minimum Gasteiger partial charge on any atom is -0.517 e. The molecule has 0 amide bonds. The van der Waals surface area contributed by atoms with Crippen molar-refractivity contribution in [1.82, 2.24) is 9.55 Å². The summed E-state index contributed by atoms with van der Waals surface area (Å²) in [5.74, 6) is 0.209. The molecule has 0 fully saturated rings. The molecule has 4 nitrogen and oxygen atoms in total. The van der Waals surface area contributed by atoms with E-state index < -0.39 is 0 Å². The molecule has 7 aromatic rings. The quantitative estimate of drug-likeness (QED) is 0.188. The van der Waals surface area contributed by atoms with E-state index in [1.54, 1.807) is 12.3 Å². The van der Waals surface area contributed by atoms with Gasteiger partial charge in [-0.1, -0.05) is 72.3 Å². The molecular weight excluding hydrogens is 675 g/mol. The summed E-state index contributed by atoms with van der Waals surface area (Å²) >= 11 is 0. The molecule has 0 aliphatic rings. The largest absolute Gasteiger partial charge is 2.00 e. The van der Waals surface area contributed by atoms with Gasteiger partial charge in [0.15, 0.2) is 0 Å². The van der Waals surface area contributed by atoms with Crippen molar-refractivity contribution < 1.29 is 30.6 Å². The van der Waals surface area contributed by atoms with Gasteiger partial charge in [-0.2, -0.15) is 0 Å². The fraction of sp³-hybridized carbons (Fsp3) is 0. The Morgan fingerprint density at radius 1 is 0.625 bits per heavy atom. The summed E-state index contributed by atoms with van der Waals surface area (Å²) < 4.78 is 8.69. The predicted octanol–water partition coefficient (Wildman–Crippen LogP) is 8.69.